The second-order valence-corrected chi connectivity index (χ2v) is 9.28. The van der Waals surface area contributed by atoms with Crippen LogP contribution in [0.4, 0.5) is 0 Å². The number of carbonyl (C=O) groups is 2. The van der Waals surface area contributed by atoms with Gasteiger partial charge in [0.25, 0.3) is 11.9 Å². The van der Waals surface area contributed by atoms with E-state index in [1.54, 1.807) is 13.8 Å². The summed E-state index contributed by atoms with van der Waals surface area (Å²) in [6.45, 7) is 8.87. The molecule has 0 aromatic heterocycles. The van der Waals surface area contributed by atoms with Gasteiger partial charge in [0.2, 0.25) is 0 Å². The van der Waals surface area contributed by atoms with Crippen molar-refractivity contribution in [2.75, 3.05) is 13.2 Å². The van der Waals surface area contributed by atoms with Crippen molar-refractivity contribution < 1.29 is 38.5 Å². The molecule has 180 valence electrons. The Morgan fingerprint density at radius 2 is 0.839 bits per heavy atom. The molecule has 0 heterocycles. The molecule has 0 saturated heterocycles. The van der Waals surface area contributed by atoms with Crippen molar-refractivity contribution in [2.24, 2.45) is 0 Å². The minimum atomic E-state index is -0.408. The van der Waals surface area contributed by atoms with Crippen LogP contribution in [0.5, 0.6) is 0 Å². The van der Waals surface area contributed by atoms with E-state index in [1.165, 1.54) is 64.2 Å². The van der Waals surface area contributed by atoms with Crippen molar-refractivity contribution in [1.29, 1.82) is 0 Å². The van der Waals surface area contributed by atoms with E-state index in [4.69, 9.17) is 34.7 Å². The first-order chi connectivity index (χ1) is 14.4. The molecule has 0 spiro atoms. The van der Waals surface area contributed by atoms with Gasteiger partial charge in [-0.1, -0.05) is 115 Å². The summed E-state index contributed by atoms with van der Waals surface area (Å²) in [5, 5.41) is -0.816. The van der Waals surface area contributed by atoms with Gasteiger partial charge in [0, 0.05) is 0 Å². The van der Waals surface area contributed by atoms with Gasteiger partial charge in [-0.25, -0.2) is 0 Å². The summed E-state index contributed by atoms with van der Waals surface area (Å²) in [5.74, 6) is -0.507. The van der Waals surface area contributed by atoms with Crippen molar-refractivity contribution in [3.63, 3.8) is 0 Å². The average molecular weight is 528 g/mol. The molecule has 0 saturated carbocycles. The molecule has 0 aromatic rings. The second-order valence-electron chi connectivity index (χ2n) is 7.86. The Morgan fingerprint density at radius 3 is 1.10 bits per heavy atom. The molecule has 0 aliphatic heterocycles. The number of ether oxygens (including phenoxy) is 2. The van der Waals surface area contributed by atoms with Crippen molar-refractivity contribution in [1.82, 2.24) is 0 Å². The molecule has 0 N–H and O–H groups in total. The molecule has 0 rings (SSSR count). The van der Waals surface area contributed by atoms with E-state index in [0.717, 1.165) is 25.7 Å². The smallest absolute Gasteiger partial charge is 0.778 e. The van der Waals surface area contributed by atoms with Crippen LogP contribution in [0.25, 0.3) is 0 Å². The summed E-state index contributed by atoms with van der Waals surface area (Å²) in [6, 6.07) is 0. The maximum absolute atomic E-state index is 11.0. The van der Waals surface area contributed by atoms with Gasteiger partial charge in [0.05, 0.1) is 13.2 Å². The molecule has 4 nitrogen and oxygen atoms in total. The van der Waals surface area contributed by atoms with Crippen molar-refractivity contribution in [2.45, 2.75) is 128 Å². The van der Waals surface area contributed by atoms with Gasteiger partial charge < -0.3 is 34.7 Å². The summed E-state index contributed by atoms with van der Waals surface area (Å²) < 4.78 is 9.98. The molecule has 0 amide bonds. The molecule has 0 fully saturated rings. The van der Waals surface area contributed by atoms with E-state index < -0.39 is 10.5 Å². The standard InChI is InChI=1S/2C12H24O2S.Zn/c2*1-3-4-5-6-7-8-9-10-14-12(13)11(2)15;/h2*11,15H,3-10H2,1-2H3;/q;;+2/p-2. The fraction of sp³-hybridized carbons (Fsp3) is 0.917. The average Bonchev–Trinajstić information content (AvgIpc) is 2.71. The first kappa shape index (κ1) is 35.8. The molecule has 0 bridgehead atoms. The first-order valence-electron chi connectivity index (χ1n) is 12.0. The van der Waals surface area contributed by atoms with E-state index in [9.17, 15) is 9.59 Å². The van der Waals surface area contributed by atoms with Gasteiger partial charge in [0.15, 0.2) is 0 Å². The molecule has 0 aromatic carbocycles. The fourth-order valence-electron chi connectivity index (χ4n) is 2.70. The third kappa shape index (κ3) is 30.3. The molecule has 0 aliphatic rings. The van der Waals surface area contributed by atoms with Gasteiger partial charge in [-0.3, -0.25) is 9.59 Å². The zero-order valence-electron chi connectivity index (χ0n) is 20.6. The van der Waals surface area contributed by atoms with Crippen molar-refractivity contribution in [3.8, 4) is 0 Å². The minimum Gasteiger partial charge on any atom is -0.778 e. The fourth-order valence-corrected chi connectivity index (χ4v) is 2.83. The third-order valence-electron chi connectivity index (χ3n) is 4.65. The van der Waals surface area contributed by atoms with E-state index in [0.29, 0.717) is 13.2 Å². The quantitative estimate of drug-likeness (QED) is 0.0886. The van der Waals surface area contributed by atoms with Crippen molar-refractivity contribution >= 4 is 37.2 Å². The monoisotopic (exact) mass is 526 g/mol. The minimum absolute atomic E-state index is 0. The number of rotatable bonds is 18. The molecule has 0 radical (unpaired) electrons. The van der Waals surface area contributed by atoms with Crippen LogP contribution in [0.2, 0.25) is 0 Å². The Bertz CT molecular complexity index is 358. The first-order valence-corrected chi connectivity index (χ1v) is 13.0. The zero-order valence-corrected chi connectivity index (χ0v) is 25.2. The van der Waals surface area contributed by atoms with Gasteiger partial charge >= 0.3 is 19.5 Å². The Kier molecular flexibility index (Phi) is 32.7. The number of unbranched alkanes of at least 4 members (excludes halogenated alkanes) is 12. The van der Waals surface area contributed by atoms with Crippen molar-refractivity contribution in [3.05, 3.63) is 0 Å². The van der Waals surface area contributed by atoms with Gasteiger partial charge in [-0.15, -0.1) is 0 Å². The summed E-state index contributed by atoms with van der Waals surface area (Å²) in [6.07, 6.45) is 17.3. The van der Waals surface area contributed by atoms with Crippen LogP contribution in [0.15, 0.2) is 0 Å². The van der Waals surface area contributed by atoms with Crippen LogP contribution in [0.1, 0.15) is 118 Å². The number of hydrogen-bond acceptors (Lipinski definition) is 6. The van der Waals surface area contributed by atoms with Gasteiger partial charge in [-0.2, -0.15) is 0 Å². The number of hydrogen-bond donors (Lipinski definition) is 0. The summed E-state index contributed by atoms with van der Waals surface area (Å²) in [4.78, 5) is 22.0. The normalized spacial score (nSPS) is 12.1. The number of carbonyl (C=O) groups excluding carboxylic acids is 2. The van der Waals surface area contributed by atoms with Crippen LogP contribution in [-0.2, 0) is 63.8 Å². The zero-order chi connectivity index (χ0) is 23.0. The van der Waals surface area contributed by atoms with E-state index in [1.807, 2.05) is 0 Å². The molecule has 2 unspecified atom stereocenters. The van der Waals surface area contributed by atoms with E-state index in [-0.39, 0.29) is 31.4 Å². The second kappa shape index (κ2) is 28.3. The summed E-state index contributed by atoms with van der Waals surface area (Å²) in [7, 11) is 0. The third-order valence-corrected chi connectivity index (χ3v) is 5.03. The summed E-state index contributed by atoms with van der Waals surface area (Å²) >= 11 is 9.55. The largest absolute Gasteiger partial charge is 2.00 e. The Labute approximate surface area is 216 Å². The number of esters is 2. The molecule has 2 atom stereocenters. The van der Waals surface area contributed by atoms with Crippen LogP contribution < -0.4 is 0 Å². The Morgan fingerprint density at radius 1 is 0.581 bits per heavy atom. The van der Waals surface area contributed by atoms with Gasteiger partial charge in [0.1, 0.15) is 0 Å². The Balaban J connectivity index is -0.000000490. The molecule has 31 heavy (non-hydrogen) atoms. The van der Waals surface area contributed by atoms with Gasteiger partial charge in [-0.05, 0) is 12.8 Å². The predicted octanol–water partition coefficient (Wildman–Crippen LogP) is 6.43. The van der Waals surface area contributed by atoms with Crippen LogP contribution >= 0.6 is 0 Å². The molecule has 7 heteroatoms. The molecular weight excluding hydrogens is 482 g/mol. The van der Waals surface area contributed by atoms with E-state index in [2.05, 4.69) is 13.8 Å². The van der Waals surface area contributed by atoms with Crippen LogP contribution in [-0.4, -0.2) is 35.7 Å². The SMILES string of the molecule is CCCCCCCCCOC(=O)C(C)[S-].CCCCCCCCCOC(=O)C(C)[S-].[Zn+2]. The molecule has 0 aliphatic carbocycles. The van der Waals surface area contributed by atoms with Crippen LogP contribution in [0.3, 0.4) is 0 Å². The maximum atomic E-state index is 11.0. The predicted molar refractivity (Wildman–Crippen MR) is 132 cm³/mol. The van der Waals surface area contributed by atoms with E-state index >= 15 is 0 Å². The topological polar surface area (TPSA) is 52.6 Å². The maximum Gasteiger partial charge on any atom is 2.00 e. The Hall–Kier alpha value is 0.263. The summed E-state index contributed by atoms with van der Waals surface area (Å²) in [5.41, 5.74) is 0. The van der Waals surface area contributed by atoms with Crippen LogP contribution in [0, 0.1) is 0 Å². The molecular formula is C24H46O4S2Zn.